The number of hydrogen-bond acceptors (Lipinski definition) is 5. The van der Waals surface area contributed by atoms with Crippen molar-refractivity contribution in [2.75, 3.05) is 62.6 Å². The van der Waals surface area contributed by atoms with Gasteiger partial charge in [0, 0.05) is 68.6 Å². The maximum absolute atomic E-state index is 13.7. The lowest BCUT2D eigenvalue weighted by Gasteiger charge is -2.37. The van der Waals surface area contributed by atoms with E-state index < -0.39 is 17.5 Å². The van der Waals surface area contributed by atoms with Crippen molar-refractivity contribution in [1.82, 2.24) is 15.1 Å². The molecule has 5 rings (SSSR count). The summed E-state index contributed by atoms with van der Waals surface area (Å²) in [7, 11) is 0. The number of piperazine rings is 1. The Bertz CT molecular complexity index is 1370. The molecule has 2 aliphatic rings. The molecule has 3 amide bonds. The van der Waals surface area contributed by atoms with Gasteiger partial charge >= 0.3 is 0 Å². The first-order valence-electron chi connectivity index (χ1n) is 13.4. The Morgan fingerprint density at radius 3 is 2.08 bits per heavy atom. The second-order valence-electron chi connectivity index (χ2n) is 9.89. The topological polar surface area (TPSA) is 85.0 Å². The second kappa shape index (κ2) is 12.3. The lowest BCUT2D eigenvalue weighted by molar-refractivity contribution is 0.0743. The van der Waals surface area contributed by atoms with Crippen LogP contribution in [0.5, 0.6) is 0 Å². The molecule has 8 nitrogen and oxygen atoms in total. The SMILES string of the molecule is O=C(Nc1cc(C(=O)N2CCCNCC2)ccc1N1CCN(C(=O)c2cc(F)cc(F)c2)CC1)c1ccccc1. The zero-order valence-electron chi connectivity index (χ0n) is 22.0. The molecule has 2 fully saturated rings. The van der Waals surface area contributed by atoms with Crippen molar-refractivity contribution < 1.29 is 23.2 Å². The van der Waals surface area contributed by atoms with E-state index in [-0.39, 0.29) is 17.4 Å². The molecule has 2 saturated heterocycles. The molecule has 0 unspecified atom stereocenters. The number of halogens is 2. The van der Waals surface area contributed by atoms with Crippen LogP contribution in [0.4, 0.5) is 20.2 Å². The smallest absolute Gasteiger partial charge is 0.255 e. The first-order valence-corrected chi connectivity index (χ1v) is 13.4. The molecule has 40 heavy (non-hydrogen) atoms. The highest BCUT2D eigenvalue weighted by molar-refractivity contribution is 6.07. The number of hydrogen-bond donors (Lipinski definition) is 2. The second-order valence-corrected chi connectivity index (χ2v) is 9.89. The third-order valence-electron chi connectivity index (χ3n) is 7.17. The van der Waals surface area contributed by atoms with E-state index >= 15 is 0 Å². The van der Waals surface area contributed by atoms with E-state index in [0.717, 1.165) is 43.4 Å². The molecule has 0 aliphatic carbocycles. The van der Waals surface area contributed by atoms with Gasteiger partial charge in [0.2, 0.25) is 0 Å². The van der Waals surface area contributed by atoms with Crippen LogP contribution in [0.2, 0.25) is 0 Å². The van der Waals surface area contributed by atoms with Gasteiger partial charge in [-0.3, -0.25) is 14.4 Å². The Labute approximate surface area is 231 Å². The number of carbonyl (C=O) groups excluding carboxylic acids is 3. The molecule has 10 heteroatoms. The fourth-order valence-electron chi connectivity index (χ4n) is 5.07. The lowest BCUT2D eigenvalue weighted by Crippen LogP contribution is -2.49. The minimum absolute atomic E-state index is 0.0339. The van der Waals surface area contributed by atoms with Crippen LogP contribution in [-0.4, -0.2) is 79.9 Å². The van der Waals surface area contributed by atoms with Crippen molar-refractivity contribution >= 4 is 29.1 Å². The normalized spacial score (nSPS) is 15.9. The average Bonchev–Trinajstić information content (AvgIpc) is 3.26. The molecular formula is C30H31F2N5O3. The predicted octanol–water partition coefficient (Wildman–Crippen LogP) is 3.62. The standard InChI is InChI=1S/C30H31F2N5O3/c31-24-17-23(18-25(32)20-24)30(40)37-15-13-35(14-16-37)27-8-7-22(29(39)36-11-4-9-33-10-12-36)19-26(27)34-28(38)21-5-2-1-3-6-21/h1-3,5-8,17-20,33H,4,9-16H2,(H,34,38). The van der Waals surface area contributed by atoms with Crippen molar-refractivity contribution in [2.45, 2.75) is 6.42 Å². The minimum Gasteiger partial charge on any atom is -0.366 e. The Morgan fingerprint density at radius 2 is 1.35 bits per heavy atom. The van der Waals surface area contributed by atoms with Gasteiger partial charge in [-0.1, -0.05) is 18.2 Å². The molecule has 208 valence electrons. The van der Waals surface area contributed by atoms with Crippen LogP contribution in [0.1, 0.15) is 37.5 Å². The summed E-state index contributed by atoms with van der Waals surface area (Å²) in [6, 6.07) is 16.9. The van der Waals surface area contributed by atoms with E-state index in [1.54, 1.807) is 41.3 Å². The summed E-state index contributed by atoms with van der Waals surface area (Å²) in [4.78, 5) is 44.7. The summed E-state index contributed by atoms with van der Waals surface area (Å²) in [6.45, 7) is 4.37. The quantitative estimate of drug-likeness (QED) is 0.510. The van der Waals surface area contributed by atoms with E-state index in [0.29, 0.717) is 56.1 Å². The Kier molecular flexibility index (Phi) is 8.35. The zero-order valence-corrected chi connectivity index (χ0v) is 22.0. The summed E-state index contributed by atoms with van der Waals surface area (Å²) in [5.41, 5.74) is 2.16. The molecule has 3 aromatic carbocycles. The number of nitrogens with one attached hydrogen (secondary N) is 2. The maximum Gasteiger partial charge on any atom is 0.255 e. The fourth-order valence-corrected chi connectivity index (χ4v) is 5.07. The molecule has 0 aromatic heterocycles. The highest BCUT2D eigenvalue weighted by Crippen LogP contribution is 2.30. The van der Waals surface area contributed by atoms with Crippen LogP contribution >= 0.6 is 0 Å². The zero-order chi connectivity index (χ0) is 28.1. The molecule has 3 aromatic rings. The third-order valence-corrected chi connectivity index (χ3v) is 7.17. The van der Waals surface area contributed by atoms with Gasteiger partial charge in [-0.05, 0) is 55.4 Å². The monoisotopic (exact) mass is 547 g/mol. The Hall–Kier alpha value is -4.31. The molecule has 2 heterocycles. The first kappa shape index (κ1) is 27.3. The van der Waals surface area contributed by atoms with Gasteiger partial charge in [0.1, 0.15) is 11.6 Å². The van der Waals surface area contributed by atoms with Crippen molar-refractivity contribution in [3.63, 3.8) is 0 Å². The van der Waals surface area contributed by atoms with Gasteiger partial charge in [-0.15, -0.1) is 0 Å². The van der Waals surface area contributed by atoms with E-state index in [4.69, 9.17) is 0 Å². The van der Waals surface area contributed by atoms with Crippen LogP contribution in [0, 0.1) is 11.6 Å². The summed E-state index contributed by atoms with van der Waals surface area (Å²) in [5.74, 6) is -2.43. The third kappa shape index (κ3) is 6.28. The van der Waals surface area contributed by atoms with E-state index in [9.17, 15) is 23.2 Å². The van der Waals surface area contributed by atoms with Crippen LogP contribution in [0.15, 0.2) is 66.7 Å². The van der Waals surface area contributed by atoms with E-state index in [2.05, 4.69) is 10.6 Å². The van der Waals surface area contributed by atoms with E-state index in [1.165, 1.54) is 0 Å². The van der Waals surface area contributed by atoms with Crippen LogP contribution in [0.25, 0.3) is 0 Å². The summed E-state index contributed by atoms with van der Waals surface area (Å²) in [6.07, 6.45) is 0.868. The number of rotatable bonds is 5. The van der Waals surface area contributed by atoms with Crippen molar-refractivity contribution in [3.05, 3.63) is 95.1 Å². The van der Waals surface area contributed by atoms with Gasteiger partial charge in [-0.2, -0.15) is 0 Å². The largest absolute Gasteiger partial charge is 0.366 e. The van der Waals surface area contributed by atoms with Crippen LogP contribution < -0.4 is 15.5 Å². The predicted molar refractivity (Wildman–Crippen MR) is 149 cm³/mol. The van der Waals surface area contributed by atoms with Crippen LogP contribution in [0.3, 0.4) is 0 Å². The first-order chi connectivity index (χ1) is 19.4. The van der Waals surface area contributed by atoms with Crippen molar-refractivity contribution in [1.29, 1.82) is 0 Å². The number of anilines is 2. The van der Waals surface area contributed by atoms with Crippen LogP contribution in [-0.2, 0) is 0 Å². The van der Waals surface area contributed by atoms with Gasteiger partial charge in [0.05, 0.1) is 11.4 Å². The highest BCUT2D eigenvalue weighted by atomic mass is 19.1. The van der Waals surface area contributed by atoms with Gasteiger partial charge in [0.15, 0.2) is 0 Å². The molecule has 0 atom stereocenters. The van der Waals surface area contributed by atoms with Crippen molar-refractivity contribution in [3.8, 4) is 0 Å². The number of carbonyl (C=O) groups is 3. The summed E-state index contributed by atoms with van der Waals surface area (Å²) >= 11 is 0. The highest BCUT2D eigenvalue weighted by Gasteiger charge is 2.26. The average molecular weight is 548 g/mol. The summed E-state index contributed by atoms with van der Waals surface area (Å²) < 4.78 is 27.3. The number of benzene rings is 3. The number of nitrogens with zero attached hydrogens (tertiary/aromatic N) is 3. The van der Waals surface area contributed by atoms with Gasteiger partial charge in [0.25, 0.3) is 17.7 Å². The fraction of sp³-hybridized carbons (Fsp3) is 0.300. The van der Waals surface area contributed by atoms with Gasteiger partial charge < -0.3 is 25.3 Å². The molecule has 0 radical (unpaired) electrons. The van der Waals surface area contributed by atoms with E-state index in [1.807, 2.05) is 21.9 Å². The molecule has 0 saturated carbocycles. The molecule has 2 aliphatic heterocycles. The summed E-state index contributed by atoms with van der Waals surface area (Å²) in [5, 5.41) is 6.28. The van der Waals surface area contributed by atoms with Gasteiger partial charge in [-0.25, -0.2) is 8.78 Å². The lowest BCUT2D eigenvalue weighted by atomic mass is 10.1. The molecule has 2 N–H and O–H groups in total. The Morgan fingerprint density at radius 1 is 0.675 bits per heavy atom. The number of amides is 3. The minimum atomic E-state index is -0.799. The molecule has 0 bridgehead atoms. The Balaban J connectivity index is 1.36. The molecular weight excluding hydrogens is 516 g/mol. The molecule has 0 spiro atoms. The van der Waals surface area contributed by atoms with Crippen molar-refractivity contribution in [2.24, 2.45) is 0 Å². The maximum atomic E-state index is 13.7.